The minimum atomic E-state index is -0.373. The van der Waals surface area contributed by atoms with Crippen LogP contribution in [0.3, 0.4) is 0 Å². The van der Waals surface area contributed by atoms with Crippen molar-refractivity contribution in [2.24, 2.45) is 0 Å². The summed E-state index contributed by atoms with van der Waals surface area (Å²) in [4.78, 5) is 28.3. The summed E-state index contributed by atoms with van der Waals surface area (Å²) in [6, 6.07) is 20.2. The summed E-state index contributed by atoms with van der Waals surface area (Å²) in [6.07, 6.45) is 0. The van der Waals surface area contributed by atoms with Gasteiger partial charge in [-0.15, -0.1) is 0 Å². The number of aryl methyl sites for hydroxylation is 2. The topological polar surface area (TPSA) is 49.4 Å². The van der Waals surface area contributed by atoms with Gasteiger partial charge in [0.25, 0.3) is 11.8 Å². The number of para-hydroxylation sites is 1. The second-order valence-corrected chi connectivity index (χ2v) is 7.80. The van der Waals surface area contributed by atoms with Gasteiger partial charge in [-0.1, -0.05) is 54.1 Å². The number of rotatable bonds is 4. The second-order valence-electron chi connectivity index (χ2n) is 7.36. The molecule has 0 saturated carbocycles. The molecule has 0 aliphatic carbocycles. The zero-order valence-corrected chi connectivity index (χ0v) is 17.7. The van der Waals surface area contributed by atoms with Gasteiger partial charge >= 0.3 is 0 Å². The zero-order chi connectivity index (χ0) is 21.4. The largest absolute Gasteiger partial charge is 0.350 e. The first kappa shape index (κ1) is 19.9. The summed E-state index contributed by atoms with van der Waals surface area (Å²) in [5, 5.41) is 3.79. The average molecular weight is 417 g/mol. The maximum atomic E-state index is 13.5. The van der Waals surface area contributed by atoms with Gasteiger partial charge < -0.3 is 5.32 Å². The van der Waals surface area contributed by atoms with Gasteiger partial charge in [0.2, 0.25) is 0 Å². The molecule has 4 rings (SSSR count). The highest BCUT2D eigenvalue weighted by atomic mass is 35.5. The van der Waals surface area contributed by atoms with Gasteiger partial charge in [0, 0.05) is 10.7 Å². The Morgan fingerprint density at radius 2 is 1.43 bits per heavy atom. The molecule has 1 heterocycles. The van der Waals surface area contributed by atoms with Crippen LogP contribution in [0.4, 0.5) is 11.4 Å². The SMILES string of the molecule is Cc1ccccc1NC1=C(c2ccc(Cl)cc2)C(=O)N(c2cccc(C)c2C)C1=O. The third kappa shape index (κ3) is 3.40. The molecule has 150 valence electrons. The van der Waals surface area contributed by atoms with E-state index in [1.165, 1.54) is 4.90 Å². The lowest BCUT2D eigenvalue weighted by molar-refractivity contribution is -0.120. The first-order valence-electron chi connectivity index (χ1n) is 9.66. The van der Waals surface area contributed by atoms with E-state index < -0.39 is 0 Å². The lowest BCUT2D eigenvalue weighted by Crippen LogP contribution is -2.33. The van der Waals surface area contributed by atoms with Gasteiger partial charge in [-0.2, -0.15) is 0 Å². The molecule has 3 aromatic carbocycles. The van der Waals surface area contributed by atoms with Gasteiger partial charge in [-0.25, -0.2) is 4.90 Å². The van der Waals surface area contributed by atoms with E-state index in [9.17, 15) is 9.59 Å². The van der Waals surface area contributed by atoms with Crippen LogP contribution >= 0.6 is 11.6 Å². The quantitative estimate of drug-likeness (QED) is 0.558. The predicted octanol–water partition coefficient (Wildman–Crippen LogP) is 5.66. The molecule has 1 aliphatic rings. The number of amides is 2. The highest BCUT2D eigenvalue weighted by molar-refractivity contribution is 6.46. The van der Waals surface area contributed by atoms with Crippen molar-refractivity contribution in [1.29, 1.82) is 0 Å². The van der Waals surface area contributed by atoms with Crippen LogP contribution in [-0.4, -0.2) is 11.8 Å². The van der Waals surface area contributed by atoms with Gasteiger partial charge in [0.05, 0.1) is 11.3 Å². The maximum Gasteiger partial charge on any atom is 0.282 e. The van der Waals surface area contributed by atoms with Crippen LogP contribution in [0.5, 0.6) is 0 Å². The number of halogens is 1. The maximum absolute atomic E-state index is 13.5. The smallest absolute Gasteiger partial charge is 0.282 e. The molecule has 0 radical (unpaired) electrons. The predicted molar refractivity (Wildman–Crippen MR) is 122 cm³/mol. The highest BCUT2D eigenvalue weighted by Gasteiger charge is 2.41. The molecule has 0 unspecified atom stereocenters. The first-order chi connectivity index (χ1) is 14.4. The number of anilines is 2. The van der Waals surface area contributed by atoms with Crippen molar-refractivity contribution >= 4 is 40.4 Å². The molecule has 2 amide bonds. The number of nitrogens with one attached hydrogen (secondary N) is 1. The fourth-order valence-electron chi connectivity index (χ4n) is 3.57. The van der Waals surface area contributed by atoms with Crippen molar-refractivity contribution in [3.63, 3.8) is 0 Å². The minimum Gasteiger partial charge on any atom is -0.350 e. The third-order valence-electron chi connectivity index (χ3n) is 5.44. The molecular formula is C25H21ClN2O2. The van der Waals surface area contributed by atoms with E-state index in [0.717, 1.165) is 22.4 Å². The Kier molecular flexibility index (Phi) is 5.18. The highest BCUT2D eigenvalue weighted by Crippen LogP contribution is 2.36. The monoisotopic (exact) mass is 416 g/mol. The first-order valence-corrected chi connectivity index (χ1v) is 10.0. The summed E-state index contributed by atoms with van der Waals surface area (Å²) in [5.41, 5.74) is 5.50. The molecule has 30 heavy (non-hydrogen) atoms. The van der Waals surface area contributed by atoms with Crippen molar-refractivity contribution < 1.29 is 9.59 Å². The molecule has 0 aromatic heterocycles. The molecular weight excluding hydrogens is 396 g/mol. The Morgan fingerprint density at radius 1 is 0.767 bits per heavy atom. The standard InChI is InChI=1S/C25H21ClN2O2/c1-15-8-6-10-21(17(15)3)28-24(29)22(18-11-13-19(26)14-12-18)23(25(28)30)27-20-9-5-4-7-16(20)2/h4-14,27H,1-3H3. The van der Waals surface area contributed by atoms with Crippen LogP contribution in [0, 0.1) is 20.8 Å². The van der Waals surface area contributed by atoms with Gasteiger partial charge in [0.1, 0.15) is 5.70 Å². The van der Waals surface area contributed by atoms with E-state index in [1.54, 1.807) is 30.3 Å². The number of hydrogen-bond acceptors (Lipinski definition) is 3. The summed E-state index contributed by atoms with van der Waals surface area (Å²) in [5.74, 6) is -0.728. The number of nitrogens with zero attached hydrogens (tertiary/aromatic N) is 1. The third-order valence-corrected chi connectivity index (χ3v) is 5.69. The van der Waals surface area contributed by atoms with E-state index in [4.69, 9.17) is 11.6 Å². The van der Waals surface area contributed by atoms with Crippen molar-refractivity contribution in [2.75, 3.05) is 10.2 Å². The van der Waals surface area contributed by atoms with E-state index >= 15 is 0 Å². The van der Waals surface area contributed by atoms with Crippen LogP contribution in [0.25, 0.3) is 5.57 Å². The molecule has 0 fully saturated rings. The summed E-state index contributed by atoms with van der Waals surface area (Å²) in [7, 11) is 0. The lowest BCUT2D eigenvalue weighted by Gasteiger charge is -2.19. The number of hydrogen-bond donors (Lipinski definition) is 1. The number of imide groups is 1. The van der Waals surface area contributed by atoms with E-state index in [1.807, 2.05) is 57.2 Å². The molecule has 5 heteroatoms. The summed E-state index contributed by atoms with van der Waals surface area (Å²) in [6.45, 7) is 5.83. The minimum absolute atomic E-state index is 0.262. The van der Waals surface area contributed by atoms with Crippen LogP contribution in [0.15, 0.2) is 72.4 Å². The van der Waals surface area contributed by atoms with Crippen LogP contribution in [-0.2, 0) is 9.59 Å². The summed E-state index contributed by atoms with van der Waals surface area (Å²) < 4.78 is 0. The van der Waals surface area contributed by atoms with Crippen LogP contribution in [0.2, 0.25) is 5.02 Å². The molecule has 1 N–H and O–H groups in total. The van der Waals surface area contributed by atoms with E-state index in [2.05, 4.69) is 5.32 Å². The van der Waals surface area contributed by atoms with Crippen LogP contribution < -0.4 is 10.2 Å². The van der Waals surface area contributed by atoms with Gasteiger partial charge in [0.15, 0.2) is 0 Å². The Bertz CT molecular complexity index is 1200. The Balaban J connectivity index is 1.87. The molecule has 0 bridgehead atoms. The molecule has 4 nitrogen and oxygen atoms in total. The van der Waals surface area contributed by atoms with Crippen molar-refractivity contribution in [2.45, 2.75) is 20.8 Å². The van der Waals surface area contributed by atoms with Crippen LogP contribution in [0.1, 0.15) is 22.3 Å². The second kappa shape index (κ2) is 7.81. The zero-order valence-electron chi connectivity index (χ0n) is 17.0. The molecule has 1 aliphatic heterocycles. The fraction of sp³-hybridized carbons (Fsp3) is 0.120. The Hall–Kier alpha value is -3.37. The number of benzene rings is 3. The fourth-order valence-corrected chi connectivity index (χ4v) is 3.70. The van der Waals surface area contributed by atoms with Crippen molar-refractivity contribution in [3.8, 4) is 0 Å². The molecule has 0 saturated heterocycles. The van der Waals surface area contributed by atoms with Gasteiger partial charge in [-0.3, -0.25) is 9.59 Å². The number of carbonyl (C=O) groups is 2. The Morgan fingerprint density at radius 3 is 2.13 bits per heavy atom. The van der Waals surface area contributed by atoms with Crippen molar-refractivity contribution in [3.05, 3.63) is 99.7 Å². The summed E-state index contributed by atoms with van der Waals surface area (Å²) >= 11 is 6.04. The lowest BCUT2D eigenvalue weighted by atomic mass is 10.0. The average Bonchev–Trinajstić information content (AvgIpc) is 2.96. The van der Waals surface area contributed by atoms with Crippen molar-refractivity contribution in [1.82, 2.24) is 0 Å². The Labute approximate surface area is 180 Å². The number of carbonyl (C=O) groups excluding carboxylic acids is 2. The molecule has 3 aromatic rings. The van der Waals surface area contributed by atoms with Gasteiger partial charge in [-0.05, 0) is 67.3 Å². The normalized spacial score (nSPS) is 13.9. The van der Waals surface area contributed by atoms with E-state index in [0.29, 0.717) is 21.8 Å². The molecule has 0 spiro atoms. The molecule has 0 atom stereocenters. The van der Waals surface area contributed by atoms with E-state index in [-0.39, 0.29) is 17.5 Å².